The summed E-state index contributed by atoms with van der Waals surface area (Å²) >= 11 is 0. The molecule has 0 bridgehead atoms. The summed E-state index contributed by atoms with van der Waals surface area (Å²) in [4.78, 5) is 18.0. The maximum Gasteiger partial charge on any atom is 0.161 e. The first kappa shape index (κ1) is 16.7. The summed E-state index contributed by atoms with van der Waals surface area (Å²) in [5.74, 6) is 1.96. The van der Waals surface area contributed by atoms with Gasteiger partial charge in [-0.05, 0) is 36.6 Å². The number of nitrogen functional groups attached to an aromatic ring is 1. The Hall–Kier alpha value is -3.41. The molecule has 5 rings (SSSR count). The third-order valence-electron chi connectivity index (χ3n) is 5.15. The van der Waals surface area contributed by atoms with Crippen molar-refractivity contribution < 1.29 is 0 Å². The minimum Gasteiger partial charge on any atom is -0.384 e. The standard InChI is InChI=1S/C22H22N6/c1-13(2)11-12-28-20(23)18(21-25-15-8-4-5-9-16(15)26-21)19-22(28)27-17-10-6-3-7-14(17)24-19/h3-10,13H,11-12,23H2,1-2H3,(H,25,26). The largest absolute Gasteiger partial charge is 0.384 e. The molecule has 0 saturated carbocycles. The number of nitrogens with two attached hydrogens (primary N) is 1. The molecule has 0 amide bonds. The van der Waals surface area contributed by atoms with E-state index in [0.717, 1.165) is 57.6 Å². The minimum absolute atomic E-state index is 0.569. The summed E-state index contributed by atoms with van der Waals surface area (Å²) < 4.78 is 2.08. The fourth-order valence-electron chi connectivity index (χ4n) is 3.64. The van der Waals surface area contributed by atoms with Crippen LogP contribution >= 0.6 is 0 Å². The van der Waals surface area contributed by atoms with Gasteiger partial charge in [0.1, 0.15) is 17.2 Å². The Labute approximate surface area is 162 Å². The van der Waals surface area contributed by atoms with Gasteiger partial charge in [-0.25, -0.2) is 15.0 Å². The normalized spacial score (nSPS) is 12.0. The third-order valence-corrected chi connectivity index (χ3v) is 5.15. The smallest absolute Gasteiger partial charge is 0.161 e. The van der Waals surface area contributed by atoms with Crippen LogP contribution in [0.15, 0.2) is 48.5 Å². The van der Waals surface area contributed by atoms with Gasteiger partial charge in [-0.2, -0.15) is 0 Å². The van der Waals surface area contributed by atoms with Gasteiger partial charge in [0.15, 0.2) is 5.65 Å². The summed E-state index contributed by atoms with van der Waals surface area (Å²) in [5.41, 5.74) is 12.7. The van der Waals surface area contributed by atoms with Crippen molar-refractivity contribution >= 4 is 39.0 Å². The highest BCUT2D eigenvalue weighted by atomic mass is 15.1. The lowest BCUT2D eigenvalue weighted by Gasteiger charge is -2.09. The van der Waals surface area contributed by atoms with E-state index in [0.29, 0.717) is 11.7 Å². The van der Waals surface area contributed by atoms with Crippen LogP contribution in [0.1, 0.15) is 20.3 Å². The van der Waals surface area contributed by atoms with E-state index in [2.05, 4.69) is 23.4 Å². The number of para-hydroxylation sites is 4. The average molecular weight is 370 g/mol. The van der Waals surface area contributed by atoms with Gasteiger partial charge >= 0.3 is 0 Å². The monoisotopic (exact) mass is 370 g/mol. The number of imidazole rings is 1. The van der Waals surface area contributed by atoms with Crippen LogP contribution in [0.25, 0.3) is 44.6 Å². The molecule has 0 fully saturated rings. The van der Waals surface area contributed by atoms with Gasteiger partial charge in [0.25, 0.3) is 0 Å². The van der Waals surface area contributed by atoms with E-state index in [1.807, 2.05) is 48.5 Å². The Kier molecular flexibility index (Phi) is 3.79. The van der Waals surface area contributed by atoms with Crippen LogP contribution in [-0.2, 0) is 6.54 Å². The van der Waals surface area contributed by atoms with E-state index >= 15 is 0 Å². The number of anilines is 1. The molecule has 0 spiro atoms. The van der Waals surface area contributed by atoms with Crippen LogP contribution in [-0.4, -0.2) is 24.5 Å². The zero-order chi connectivity index (χ0) is 19.3. The van der Waals surface area contributed by atoms with E-state index in [1.165, 1.54) is 0 Å². The molecular formula is C22H22N6. The molecule has 6 nitrogen and oxygen atoms in total. The third kappa shape index (κ3) is 2.60. The van der Waals surface area contributed by atoms with Gasteiger partial charge in [0, 0.05) is 6.54 Å². The first-order valence-corrected chi connectivity index (χ1v) is 9.61. The van der Waals surface area contributed by atoms with Crippen LogP contribution in [0.2, 0.25) is 0 Å². The fourth-order valence-corrected chi connectivity index (χ4v) is 3.64. The van der Waals surface area contributed by atoms with Crippen molar-refractivity contribution in [1.29, 1.82) is 0 Å². The van der Waals surface area contributed by atoms with E-state index < -0.39 is 0 Å². The number of aromatic amines is 1. The molecule has 0 aliphatic heterocycles. The lowest BCUT2D eigenvalue weighted by Crippen LogP contribution is -2.06. The Morgan fingerprint density at radius 2 is 1.61 bits per heavy atom. The molecule has 6 heteroatoms. The lowest BCUT2D eigenvalue weighted by atomic mass is 10.1. The summed E-state index contributed by atoms with van der Waals surface area (Å²) in [6, 6.07) is 15.9. The number of hydrogen-bond acceptors (Lipinski definition) is 4. The second-order valence-corrected chi connectivity index (χ2v) is 7.58. The summed E-state index contributed by atoms with van der Waals surface area (Å²) in [6.07, 6.45) is 1.02. The molecular weight excluding hydrogens is 348 g/mol. The molecule has 0 radical (unpaired) electrons. The van der Waals surface area contributed by atoms with E-state index in [9.17, 15) is 0 Å². The zero-order valence-electron chi connectivity index (χ0n) is 16.0. The Bertz CT molecular complexity index is 1280. The zero-order valence-corrected chi connectivity index (χ0v) is 16.0. The van der Waals surface area contributed by atoms with Gasteiger partial charge in [0.2, 0.25) is 0 Å². The van der Waals surface area contributed by atoms with Crippen molar-refractivity contribution in [2.75, 3.05) is 5.73 Å². The molecule has 3 N–H and O–H groups in total. The summed E-state index contributed by atoms with van der Waals surface area (Å²) in [6.45, 7) is 5.22. The maximum atomic E-state index is 6.64. The van der Waals surface area contributed by atoms with Crippen LogP contribution in [0.3, 0.4) is 0 Å². The molecule has 0 aliphatic rings. The number of benzene rings is 2. The van der Waals surface area contributed by atoms with Gasteiger partial charge < -0.3 is 15.3 Å². The number of aryl methyl sites for hydroxylation is 1. The molecule has 3 heterocycles. The number of rotatable bonds is 4. The van der Waals surface area contributed by atoms with Crippen molar-refractivity contribution in [3.63, 3.8) is 0 Å². The highest BCUT2D eigenvalue weighted by molar-refractivity contribution is 6.01. The number of aromatic nitrogens is 5. The second kappa shape index (κ2) is 6.34. The van der Waals surface area contributed by atoms with E-state index in [1.54, 1.807) is 0 Å². The quantitative estimate of drug-likeness (QED) is 0.478. The minimum atomic E-state index is 0.569. The predicted octanol–water partition coefficient (Wildman–Crippen LogP) is 4.76. The molecule has 2 aromatic carbocycles. The van der Waals surface area contributed by atoms with Gasteiger partial charge in [0.05, 0.1) is 27.6 Å². The van der Waals surface area contributed by atoms with E-state index in [-0.39, 0.29) is 0 Å². The molecule has 5 aromatic rings. The SMILES string of the molecule is CC(C)CCn1c(N)c(-c2nc3ccccc3[nH]2)c2nc3ccccc3nc21. The van der Waals surface area contributed by atoms with Gasteiger partial charge in [-0.1, -0.05) is 38.1 Å². The molecule has 3 aromatic heterocycles. The number of H-pyrrole nitrogens is 1. The molecule has 0 saturated heterocycles. The summed E-state index contributed by atoms with van der Waals surface area (Å²) in [5, 5.41) is 0. The van der Waals surface area contributed by atoms with Crippen LogP contribution < -0.4 is 5.73 Å². The molecule has 0 aliphatic carbocycles. The van der Waals surface area contributed by atoms with Crippen molar-refractivity contribution in [1.82, 2.24) is 24.5 Å². The van der Waals surface area contributed by atoms with Crippen molar-refractivity contribution in [3.05, 3.63) is 48.5 Å². The van der Waals surface area contributed by atoms with Gasteiger partial charge in [-0.3, -0.25) is 0 Å². The molecule has 28 heavy (non-hydrogen) atoms. The van der Waals surface area contributed by atoms with Crippen molar-refractivity contribution in [2.45, 2.75) is 26.8 Å². The van der Waals surface area contributed by atoms with Crippen LogP contribution in [0, 0.1) is 5.92 Å². The first-order valence-electron chi connectivity index (χ1n) is 9.61. The summed E-state index contributed by atoms with van der Waals surface area (Å²) in [7, 11) is 0. The van der Waals surface area contributed by atoms with Crippen molar-refractivity contribution in [3.8, 4) is 11.4 Å². The first-order chi connectivity index (χ1) is 13.6. The number of nitrogens with one attached hydrogen (secondary N) is 1. The highest BCUT2D eigenvalue weighted by Gasteiger charge is 2.22. The predicted molar refractivity (Wildman–Crippen MR) is 114 cm³/mol. The Morgan fingerprint density at radius 3 is 2.32 bits per heavy atom. The van der Waals surface area contributed by atoms with Crippen LogP contribution in [0.5, 0.6) is 0 Å². The number of hydrogen-bond donors (Lipinski definition) is 2. The van der Waals surface area contributed by atoms with Crippen molar-refractivity contribution in [2.24, 2.45) is 5.92 Å². The topological polar surface area (TPSA) is 85.4 Å². The highest BCUT2D eigenvalue weighted by Crippen LogP contribution is 2.35. The number of fused-ring (bicyclic) bond motifs is 3. The van der Waals surface area contributed by atoms with E-state index in [4.69, 9.17) is 20.7 Å². The van der Waals surface area contributed by atoms with Gasteiger partial charge in [-0.15, -0.1) is 0 Å². The molecule has 0 unspecified atom stereocenters. The fraction of sp³-hybridized carbons (Fsp3) is 0.227. The average Bonchev–Trinajstić information content (AvgIpc) is 3.22. The van der Waals surface area contributed by atoms with Crippen LogP contribution in [0.4, 0.5) is 5.82 Å². The lowest BCUT2D eigenvalue weighted by molar-refractivity contribution is 0.526. The molecule has 0 atom stereocenters. The second-order valence-electron chi connectivity index (χ2n) is 7.58. The Morgan fingerprint density at radius 1 is 0.929 bits per heavy atom. The molecule has 140 valence electrons. The maximum absolute atomic E-state index is 6.64. The Balaban J connectivity index is 1.81. The number of nitrogens with zero attached hydrogens (tertiary/aromatic N) is 4.